The van der Waals surface area contributed by atoms with Gasteiger partial charge in [-0.15, -0.1) is 0 Å². The average Bonchev–Trinajstić information content (AvgIpc) is 3.61. The van der Waals surface area contributed by atoms with Crippen molar-refractivity contribution in [3.63, 3.8) is 0 Å². The van der Waals surface area contributed by atoms with Gasteiger partial charge in [-0.3, -0.25) is 0 Å². The second-order valence-electron chi connectivity index (χ2n) is 10.7. The van der Waals surface area contributed by atoms with E-state index in [1.54, 1.807) is 0 Å². The molecule has 8 aromatic rings. The molecule has 0 unspecified atom stereocenters. The quantitative estimate of drug-likeness (QED) is 0.216. The van der Waals surface area contributed by atoms with E-state index in [4.69, 9.17) is 0 Å². The number of fused-ring (bicyclic) bond motifs is 6. The van der Waals surface area contributed by atoms with Gasteiger partial charge in [0.2, 0.25) is 0 Å². The number of nitrogens with zero attached hydrogens (tertiary/aromatic N) is 5. The van der Waals surface area contributed by atoms with Gasteiger partial charge < -0.3 is 9.13 Å². The average molecular weight is 560 g/mol. The minimum atomic E-state index is 0.573. The molecule has 0 amide bonds. The van der Waals surface area contributed by atoms with Crippen LogP contribution in [0, 0.1) is 34.0 Å². The molecule has 0 bridgehead atoms. The molecule has 2 heterocycles. The van der Waals surface area contributed by atoms with E-state index in [2.05, 4.69) is 81.9 Å². The van der Waals surface area contributed by atoms with E-state index in [0.717, 1.165) is 66.1 Å². The summed E-state index contributed by atoms with van der Waals surface area (Å²) >= 11 is 0. The highest BCUT2D eigenvalue weighted by Crippen LogP contribution is 2.43. The Labute approximate surface area is 252 Å². The third-order valence-corrected chi connectivity index (χ3v) is 8.42. The van der Waals surface area contributed by atoms with Gasteiger partial charge in [0, 0.05) is 32.8 Å². The van der Waals surface area contributed by atoms with E-state index in [-0.39, 0.29) is 0 Å². The summed E-state index contributed by atoms with van der Waals surface area (Å²) < 4.78 is 4.40. The zero-order valence-electron chi connectivity index (χ0n) is 23.4. The summed E-state index contributed by atoms with van der Waals surface area (Å²) in [6.07, 6.45) is 0. The molecule has 6 aromatic carbocycles. The summed E-state index contributed by atoms with van der Waals surface area (Å²) in [4.78, 5) is 0. The van der Waals surface area contributed by atoms with Crippen LogP contribution >= 0.6 is 0 Å². The first-order valence-corrected chi connectivity index (χ1v) is 14.2. The summed E-state index contributed by atoms with van der Waals surface area (Å²) in [5, 5.41) is 33.5. The maximum atomic E-state index is 10.0. The van der Waals surface area contributed by atoms with Crippen LogP contribution in [0.2, 0.25) is 0 Å². The number of hydrogen-bond acceptors (Lipinski definition) is 3. The first kappa shape index (κ1) is 25.1. The third-order valence-electron chi connectivity index (χ3n) is 8.42. The van der Waals surface area contributed by atoms with Gasteiger partial charge in [0.15, 0.2) is 0 Å². The molecule has 44 heavy (non-hydrogen) atoms. The van der Waals surface area contributed by atoms with Crippen molar-refractivity contribution in [1.29, 1.82) is 15.8 Å². The van der Waals surface area contributed by atoms with E-state index < -0.39 is 0 Å². The smallest absolute Gasteiger partial charge is 0.101 e. The molecule has 0 aliphatic carbocycles. The number of para-hydroxylation sites is 3. The Morgan fingerprint density at radius 2 is 1.11 bits per heavy atom. The lowest BCUT2D eigenvalue weighted by Gasteiger charge is -2.13. The zero-order valence-corrected chi connectivity index (χ0v) is 23.4. The molecule has 0 aliphatic rings. The Bertz CT molecular complexity index is 2580. The molecule has 0 aliphatic heterocycles. The summed E-state index contributed by atoms with van der Waals surface area (Å²) in [7, 11) is 0. The number of nitriles is 3. The minimum absolute atomic E-state index is 0.573. The maximum absolute atomic E-state index is 10.0. The summed E-state index contributed by atoms with van der Waals surface area (Å²) in [5.74, 6) is 0. The monoisotopic (exact) mass is 559 g/mol. The van der Waals surface area contributed by atoms with Gasteiger partial charge in [0.05, 0.1) is 56.6 Å². The predicted molar refractivity (Wildman–Crippen MR) is 175 cm³/mol. The first-order chi connectivity index (χ1) is 21.7. The molecule has 5 heteroatoms. The lowest BCUT2D eigenvalue weighted by Crippen LogP contribution is -1.97. The second-order valence-corrected chi connectivity index (χ2v) is 10.7. The van der Waals surface area contributed by atoms with Gasteiger partial charge in [-0.1, -0.05) is 60.7 Å². The molecule has 0 radical (unpaired) electrons. The molecule has 0 saturated heterocycles. The van der Waals surface area contributed by atoms with Gasteiger partial charge in [-0.25, -0.2) is 0 Å². The van der Waals surface area contributed by atoms with E-state index in [9.17, 15) is 15.8 Å². The van der Waals surface area contributed by atoms with Crippen LogP contribution in [-0.4, -0.2) is 9.13 Å². The molecule has 0 fully saturated rings. The number of rotatable bonds is 3. The number of hydrogen-bond donors (Lipinski definition) is 0. The Kier molecular flexibility index (Phi) is 5.56. The highest BCUT2D eigenvalue weighted by molar-refractivity contribution is 6.20. The van der Waals surface area contributed by atoms with Crippen LogP contribution in [-0.2, 0) is 0 Å². The van der Waals surface area contributed by atoms with E-state index in [1.165, 1.54) is 0 Å². The standard InChI is InChI=1S/C39H21N5/c40-22-25-15-18-28(19-16-25)43-35-13-4-2-8-29(35)31-10-5-11-32(39(31)43)30-9-6-14-37-38(30)33-21-26(23-41)17-20-36(33)44(37)34-12-3-1-7-27(34)24-42/h1-21H. The molecule has 0 atom stereocenters. The van der Waals surface area contributed by atoms with Crippen molar-refractivity contribution in [2.24, 2.45) is 0 Å². The molecule has 0 N–H and O–H groups in total. The van der Waals surface area contributed by atoms with Gasteiger partial charge >= 0.3 is 0 Å². The van der Waals surface area contributed by atoms with Gasteiger partial charge in [-0.05, 0) is 72.3 Å². The Balaban J connectivity index is 1.54. The van der Waals surface area contributed by atoms with Crippen LogP contribution in [0.25, 0.3) is 66.1 Å². The van der Waals surface area contributed by atoms with Crippen LogP contribution in [0.3, 0.4) is 0 Å². The lowest BCUT2D eigenvalue weighted by atomic mass is 9.96. The summed E-state index contributed by atoms with van der Waals surface area (Å²) in [6, 6.07) is 49.0. The van der Waals surface area contributed by atoms with Crippen LogP contribution in [0.5, 0.6) is 0 Å². The third kappa shape index (κ3) is 3.56. The maximum Gasteiger partial charge on any atom is 0.101 e. The minimum Gasteiger partial charge on any atom is -0.309 e. The highest BCUT2D eigenvalue weighted by Gasteiger charge is 2.21. The topological polar surface area (TPSA) is 81.2 Å². The van der Waals surface area contributed by atoms with E-state index in [0.29, 0.717) is 16.7 Å². The lowest BCUT2D eigenvalue weighted by molar-refractivity contribution is 1.17. The number of aromatic nitrogens is 2. The normalized spacial score (nSPS) is 11.1. The van der Waals surface area contributed by atoms with Crippen molar-refractivity contribution < 1.29 is 0 Å². The van der Waals surface area contributed by atoms with Crippen molar-refractivity contribution in [3.8, 4) is 40.7 Å². The fourth-order valence-corrected chi connectivity index (χ4v) is 6.58. The Morgan fingerprint density at radius 3 is 1.93 bits per heavy atom. The van der Waals surface area contributed by atoms with Gasteiger partial charge in [0.1, 0.15) is 6.07 Å². The van der Waals surface area contributed by atoms with Crippen molar-refractivity contribution >= 4 is 43.6 Å². The summed E-state index contributed by atoms with van der Waals surface area (Å²) in [5.41, 5.74) is 9.59. The molecule has 8 rings (SSSR count). The largest absolute Gasteiger partial charge is 0.309 e. The fraction of sp³-hybridized carbons (Fsp3) is 0. The number of benzene rings is 6. The molecule has 202 valence electrons. The molecule has 5 nitrogen and oxygen atoms in total. The molecular weight excluding hydrogens is 538 g/mol. The molecule has 0 spiro atoms. The second kappa shape index (κ2) is 9.74. The predicted octanol–water partition coefficient (Wildman–Crippen LogP) is 9.16. The van der Waals surface area contributed by atoms with Crippen LogP contribution in [0.15, 0.2) is 127 Å². The first-order valence-electron chi connectivity index (χ1n) is 14.2. The Morgan fingerprint density at radius 1 is 0.455 bits per heavy atom. The van der Waals surface area contributed by atoms with Crippen LogP contribution in [0.4, 0.5) is 0 Å². The Hall–Kier alpha value is -6.61. The van der Waals surface area contributed by atoms with E-state index in [1.807, 2.05) is 72.8 Å². The molecule has 0 saturated carbocycles. The highest BCUT2D eigenvalue weighted by atomic mass is 15.0. The molecular formula is C39H21N5. The van der Waals surface area contributed by atoms with Crippen molar-refractivity contribution in [2.45, 2.75) is 0 Å². The van der Waals surface area contributed by atoms with Crippen molar-refractivity contribution in [3.05, 3.63) is 144 Å². The zero-order chi connectivity index (χ0) is 29.8. The molecule has 2 aromatic heterocycles. The van der Waals surface area contributed by atoms with Crippen molar-refractivity contribution in [1.82, 2.24) is 9.13 Å². The van der Waals surface area contributed by atoms with Gasteiger partial charge in [0.25, 0.3) is 0 Å². The SMILES string of the molecule is N#Cc1ccc(-n2c3ccccc3c3cccc(-c4cccc5c4c4cc(C#N)ccc4n5-c4ccccc4C#N)c32)cc1. The van der Waals surface area contributed by atoms with Crippen LogP contribution < -0.4 is 0 Å². The van der Waals surface area contributed by atoms with E-state index >= 15 is 0 Å². The van der Waals surface area contributed by atoms with Crippen LogP contribution in [0.1, 0.15) is 16.7 Å². The van der Waals surface area contributed by atoms with Gasteiger partial charge in [-0.2, -0.15) is 15.8 Å². The van der Waals surface area contributed by atoms with Crippen molar-refractivity contribution in [2.75, 3.05) is 0 Å². The summed E-state index contributed by atoms with van der Waals surface area (Å²) in [6.45, 7) is 0. The fourth-order valence-electron chi connectivity index (χ4n) is 6.58.